The number of halogens is 2. The Morgan fingerprint density at radius 1 is 1.29 bits per heavy atom. The van der Waals surface area contributed by atoms with E-state index in [9.17, 15) is 8.78 Å². The molecule has 1 heterocycles. The molecule has 3 rings (SSSR count). The summed E-state index contributed by atoms with van der Waals surface area (Å²) in [5, 5.41) is 0. The average Bonchev–Trinajstić information content (AvgIpc) is 3.31. The van der Waals surface area contributed by atoms with Crippen molar-refractivity contribution in [3.63, 3.8) is 0 Å². The van der Waals surface area contributed by atoms with Crippen molar-refractivity contribution < 1.29 is 13.5 Å². The molecule has 2 saturated carbocycles. The number of anilines is 1. The molecule has 2 aliphatic rings. The van der Waals surface area contributed by atoms with Crippen LogP contribution in [0, 0.1) is 18.8 Å². The van der Waals surface area contributed by atoms with Crippen molar-refractivity contribution in [2.45, 2.75) is 97.0 Å². The standard InChI is InChI=1S/C26H41F2NOS/c1-6-21(14-19(3)30-5)16-29(17-22-8-7-18(2)13-22)24-15-25(31-20(24)4)23-9-11-26(27,28)12-10-23/h14-15,18-19,22-23H,6-13,16-17H2,1-5H3/b21-14+. The Kier molecular flexibility index (Phi) is 8.59. The summed E-state index contributed by atoms with van der Waals surface area (Å²) in [5.74, 6) is -0.607. The predicted octanol–water partition coefficient (Wildman–Crippen LogP) is 7.96. The zero-order valence-electron chi connectivity index (χ0n) is 20.1. The Labute approximate surface area is 192 Å². The molecule has 0 N–H and O–H groups in total. The highest BCUT2D eigenvalue weighted by atomic mass is 32.1. The van der Waals surface area contributed by atoms with Crippen LogP contribution in [0.5, 0.6) is 0 Å². The van der Waals surface area contributed by atoms with E-state index < -0.39 is 5.92 Å². The molecule has 1 aromatic heterocycles. The lowest BCUT2D eigenvalue weighted by molar-refractivity contribution is -0.0379. The highest BCUT2D eigenvalue weighted by Crippen LogP contribution is 2.45. The van der Waals surface area contributed by atoms with Crippen LogP contribution in [0.1, 0.15) is 87.8 Å². The quantitative estimate of drug-likeness (QED) is 0.352. The minimum atomic E-state index is -2.46. The summed E-state index contributed by atoms with van der Waals surface area (Å²) in [6.45, 7) is 10.9. The van der Waals surface area contributed by atoms with E-state index in [2.05, 4.69) is 44.7 Å². The van der Waals surface area contributed by atoms with E-state index in [0.29, 0.717) is 18.8 Å². The fourth-order valence-electron chi connectivity index (χ4n) is 5.31. The molecule has 0 bridgehead atoms. The number of alkyl halides is 2. The Bertz CT molecular complexity index is 734. The van der Waals surface area contributed by atoms with Crippen LogP contribution >= 0.6 is 11.3 Å². The van der Waals surface area contributed by atoms with Gasteiger partial charge in [0.25, 0.3) is 0 Å². The lowest BCUT2D eigenvalue weighted by Gasteiger charge is -2.29. The molecular formula is C26H41F2NOS. The maximum absolute atomic E-state index is 13.7. The normalized spacial score (nSPS) is 25.7. The van der Waals surface area contributed by atoms with Gasteiger partial charge < -0.3 is 9.64 Å². The second-order valence-corrected chi connectivity index (χ2v) is 11.3. The molecule has 1 aromatic rings. The number of methoxy groups -OCH3 is 1. The molecule has 0 saturated heterocycles. The van der Waals surface area contributed by atoms with E-state index in [1.807, 2.05) is 11.3 Å². The van der Waals surface area contributed by atoms with Gasteiger partial charge in [0.1, 0.15) is 0 Å². The highest BCUT2D eigenvalue weighted by Gasteiger charge is 2.36. The van der Waals surface area contributed by atoms with E-state index in [0.717, 1.165) is 31.3 Å². The molecule has 0 radical (unpaired) electrons. The van der Waals surface area contributed by atoms with Gasteiger partial charge >= 0.3 is 0 Å². The lowest BCUT2D eigenvalue weighted by atomic mass is 9.86. The van der Waals surface area contributed by atoms with Crippen LogP contribution in [-0.4, -0.2) is 32.2 Å². The first-order valence-electron chi connectivity index (χ1n) is 12.2. The molecule has 2 aliphatic carbocycles. The second kappa shape index (κ2) is 10.8. The van der Waals surface area contributed by atoms with E-state index in [1.54, 1.807) is 7.11 Å². The lowest BCUT2D eigenvalue weighted by Crippen LogP contribution is -2.31. The molecule has 3 unspecified atom stereocenters. The molecule has 0 amide bonds. The van der Waals surface area contributed by atoms with Crippen molar-refractivity contribution >= 4 is 17.0 Å². The molecular weight excluding hydrogens is 412 g/mol. The third-order valence-corrected chi connectivity index (χ3v) is 8.55. The van der Waals surface area contributed by atoms with Crippen LogP contribution in [0.3, 0.4) is 0 Å². The second-order valence-electron chi connectivity index (χ2n) is 10.0. The first-order chi connectivity index (χ1) is 14.7. The number of nitrogens with zero attached hydrogens (tertiary/aromatic N) is 1. The molecule has 0 spiro atoms. The van der Waals surface area contributed by atoms with Crippen LogP contribution in [0.2, 0.25) is 0 Å². The predicted molar refractivity (Wildman–Crippen MR) is 129 cm³/mol. The fourth-order valence-corrected chi connectivity index (χ4v) is 6.53. The first-order valence-corrected chi connectivity index (χ1v) is 13.0. The smallest absolute Gasteiger partial charge is 0.248 e. The van der Waals surface area contributed by atoms with Gasteiger partial charge in [-0.2, -0.15) is 0 Å². The van der Waals surface area contributed by atoms with E-state index in [4.69, 9.17) is 4.74 Å². The molecule has 2 nitrogen and oxygen atoms in total. The Morgan fingerprint density at radius 3 is 2.58 bits per heavy atom. The van der Waals surface area contributed by atoms with Crippen LogP contribution in [0.4, 0.5) is 14.5 Å². The van der Waals surface area contributed by atoms with E-state index in [1.165, 1.54) is 40.3 Å². The van der Waals surface area contributed by atoms with E-state index in [-0.39, 0.29) is 18.9 Å². The summed E-state index contributed by atoms with van der Waals surface area (Å²) in [6.07, 6.45) is 8.63. The van der Waals surface area contributed by atoms with Crippen LogP contribution in [0.15, 0.2) is 17.7 Å². The van der Waals surface area contributed by atoms with Gasteiger partial charge in [-0.15, -0.1) is 11.3 Å². The Morgan fingerprint density at radius 2 is 2.00 bits per heavy atom. The summed E-state index contributed by atoms with van der Waals surface area (Å²) in [4.78, 5) is 5.21. The number of aryl methyl sites for hydroxylation is 1. The van der Waals surface area contributed by atoms with Gasteiger partial charge in [0.15, 0.2) is 0 Å². The number of hydrogen-bond acceptors (Lipinski definition) is 3. The summed E-state index contributed by atoms with van der Waals surface area (Å²) in [7, 11) is 1.76. The maximum atomic E-state index is 13.7. The topological polar surface area (TPSA) is 12.5 Å². The van der Waals surface area contributed by atoms with Gasteiger partial charge in [-0.1, -0.05) is 31.9 Å². The minimum absolute atomic E-state index is 0.0330. The molecule has 0 aromatic carbocycles. The molecule has 176 valence electrons. The van der Waals surface area contributed by atoms with Gasteiger partial charge in [0.05, 0.1) is 11.8 Å². The summed E-state index contributed by atoms with van der Waals surface area (Å²) >= 11 is 1.83. The van der Waals surface area contributed by atoms with Crippen LogP contribution in [0.25, 0.3) is 0 Å². The van der Waals surface area contributed by atoms with Crippen molar-refractivity contribution in [2.24, 2.45) is 11.8 Å². The van der Waals surface area contributed by atoms with Crippen LogP contribution < -0.4 is 4.90 Å². The number of rotatable bonds is 9. The largest absolute Gasteiger partial charge is 0.378 e. The maximum Gasteiger partial charge on any atom is 0.248 e. The zero-order valence-corrected chi connectivity index (χ0v) is 20.9. The number of thiophene rings is 1. The SMILES string of the molecule is CC/C(=C\C(C)OC)CN(CC1CCC(C)C1)c1cc(C2CCC(F)(F)CC2)sc1C. The van der Waals surface area contributed by atoms with Crippen molar-refractivity contribution in [1.29, 1.82) is 0 Å². The molecule has 0 aliphatic heterocycles. The van der Waals surface area contributed by atoms with Crippen molar-refractivity contribution in [2.75, 3.05) is 25.1 Å². The van der Waals surface area contributed by atoms with Gasteiger partial charge in [-0.25, -0.2) is 8.78 Å². The first kappa shape index (κ1) is 24.7. The molecule has 2 fully saturated rings. The average molecular weight is 454 g/mol. The fraction of sp³-hybridized carbons (Fsp3) is 0.769. The summed E-state index contributed by atoms with van der Waals surface area (Å²) in [5.41, 5.74) is 2.73. The number of ether oxygens (including phenoxy) is 1. The highest BCUT2D eigenvalue weighted by molar-refractivity contribution is 7.12. The number of hydrogen-bond donors (Lipinski definition) is 0. The summed E-state index contributed by atoms with van der Waals surface area (Å²) < 4.78 is 32.8. The third-order valence-electron chi connectivity index (χ3n) is 7.34. The van der Waals surface area contributed by atoms with Crippen LogP contribution in [-0.2, 0) is 4.74 Å². The molecule has 5 heteroatoms. The minimum Gasteiger partial charge on any atom is -0.378 e. The van der Waals surface area contributed by atoms with Gasteiger partial charge in [-0.05, 0) is 69.8 Å². The molecule has 3 atom stereocenters. The summed E-state index contributed by atoms with van der Waals surface area (Å²) in [6, 6.07) is 2.33. The molecule has 31 heavy (non-hydrogen) atoms. The third kappa shape index (κ3) is 6.77. The van der Waals surface area contributed by atoms with Gasteiger partial charge in [-0.3, -0.25) is 0 Å². The van der Waals surface area contributed by atoms with Gasteiger partial charge in [0, 0.05) is 42.8 Å². The van der Waals surface area contributed by atoms with Crippen molar-refractivity contribution in [3.8, 4) is 0 Å². The van der Waals surface area contributed by atoms with Crippen molar-refractivity contribution in [3.05, 3.63) is 27.5 Å². The Balaban J connectivity index is 1.81. The van der Waals surface area contributed by atoms with E-state index >= 15 is 0 Å². The van der Waals surface area contributed by atoms with Gasteiger partial charge in [0.2, 0.25) is 5.92 Å². The zero-order chi connectivity index (χ0) is 22.6. The Hall–Kier alpha value is -0.940. The monoisotopic (exact) mass is 453 g/mol. The van der Waals surface area contributed by atoms with Crippen molar-refractivity contribution in [1.82, 2.24) is 0 Å².